The zero-order chi connectivity index (χ0) is 13.3. The van der Waals surface area contributed by atoms with Crippen LogP contribution in [0.15, 0.2) is 18.2 Å². The summed E-state index contributed by atoms with van der Waals surface area (Å²) in [5, 5.41) is 0. The molecule has 5 heteroatoms. The van der Waals surface area contributed by atoms with Crippen molar-refractivity contribution in [3.05, 3.63) is 18.2 Å². The van der Waals surface area contributed by atoms with Gasteiger partial charge in [0, 0.05) is 7.11 Å². The number of anilines is 1. The summed E-state index contributed by atoms with van der Waals surface area (Å²) in [4.78, 5) is 4.36. The topological polar surface area (TPSA) is 62.3 Å². The fraction of sp³-hybridized carbons (Fsp3) is 0.462. The molecule has 0 bridgehead atoms. The number of nitrogens with zero attached hydrogens (tertiary/aromatic N) is 2. The van der Waals surface area contributed by atoms with Gasteiger partial charge in [0.25, 0.3) is 0 Å². The molecule has 0 spiro atoms. The molecule has 0 amide bonds. The summed E-state index contributed by atoms with van der Waals surface area (Å²) in [6, 6.07) is 5.78. The van der Waals surface area contributed by atoms with E-state index in [4.69, 9.17) is 15.2 Å². The van der Waals surface area contributed by atoms with E-state index in [2.05, 4.69) is 4.98 Å². The Balaban J connectivity index is 2.54. The first kappa shape index (κ1) is 12.7. The van der Waals surface area contributed by atoms with Crippen molar-refractivity contribution in [1.82, 2.24) is 9.55 Å². The van der Waals surface area contributed by atoms with Crippen molar-refractivity contribution >= 4 is 17.0 Å². The van der Waals surface area contributed by atoms with Crippen LogP contribution < -0.4 is 10.5 Å². The third-order valence-electron chi connectivity index (χ3n) is 3.08. The molecule has 5 nitrogen and oxygen atoms in total. The molecule has 0 aliphatic carbocycles. The molecule has 0 radical (unpaired) electrons. The molecule has 0 fully saturated rings. The van der Waals surface area contributed by atoms with Gasteiger partial charge < -0.3 is 19.8 Å². The lowest BCUT2D eigenvalue weighted by atomic mass is 10.1. The first-order valence-electron chi connectivity index (χ1n) is 5.82. The van der Waals surface area contributed by atoms with Crippen LogP contribution in [0, 0.1) is 0 Å². The maximum absolute atomic E-state index is 5.98. The van der Waals surface area contributed by atoms with Gasteiger partial charge in [-0.05, 0) is 26.0 Å². The molecule has 98 valence electrons. The van der Waals surface area contributed by atoms with Crippen LogP contribution in [0.3, 0.4) is 0 Å². The Morgan fingerprint density at radius 2 is 2.06 bits per heavy atom. The first-order valence-corrected chi connectivity index (χ1v) is 5.82. The van der Waals surface area contributed by atoms with E-state index < -0.39 is 0 Å². The zero-order valence-electron chi connectivity index (χ0n) is 11.2. The fourth-order valence-corrected chi connectivity index (χ4v) is 1.92. The number of methoxy groups -OCH3 is 2. The Morgan fingerprint density at radius 3 is 2.67 bits per heavy atom. The summed E-state index contributed by atoms with van der Waals surface area (Å²) < 4.78 is 12.7. The van der Waals surface area contributed by atoms with Gasteiger partial charge in [-0.25, -0.2) is 4.98 Å². The van der Waals surface area contributed by atoms with E-state index in [-0.39, 0.29) is 5.60 Å². The van der Waals surface area contributed by atoms with E-state index in [1.807, 2.05) is 36.6 Å². The van der Waals surface area contributed by atoms with Crippen molar-refractivity contribution in [2.24, 2.45) is 0 Å². The molecular weight excluding hydrogens is 230 g/mol. The number of hydrogen-bond acceptors (Lipinski definition) is 4. The molecule has 1 aromatic carbocycles. The highest BCUT2D eigenvalue weighted by Crippen LogP contribution is 2.28. The van der Waals surface area contributed by atoms with Gasteiger partial charge in [-0.15, -0.1) is 0 Å². The quantitative estimate of drug-likeness (QED) is 0.900. The first-order chi connectivity index (χ1) is 8.48. The van der Waals surface area contributed by atoms with Crippen molar-refractivity contribution in [2.75, 3.05) is 20.0 Å². The largest absolute Gasteiger partial charge is 0.494 e. The highest BCUT2D eigenvalue weighted by molar-refractivity contribution is 5.84. The number of fused-ring (bicyclic) bond motifs is 1. The summed E-state index contributed by atoms with van der Waals surface area (Å²) in [5.74, 6) is 1.20. The van der Waals surface area contributed by atoms with Crippen molar-refractivity contribution < 1.29 is 9.47 Å². The average molecular weight is 249 g/mol. The molecule has 0 aliphatic rings. The zero-order valence-corrected chi connectivity index (χ0v) is 11.2. The van der Waals surface area contributed by atoms with Crippen LogP contribution in [-0.4, -0.2) is 29.4 Å². The van der Waals surface area contributed by atoms with E-state index in [1.165, 1.54) is 0 Å². The van der Waals surface area contributed by atoms with Gasteiger partial charge in [-0.3, -0.25) is 0 Å². The van der Waals surface area contributed by atoms with Crippen LogP contribution in [0.4, 0.5) is 5.95 Å². The maximum atomic E-state index is 5.98. The minimum absolute atomic E-state index is 0.301. The molecule has 2 N–H and O–H groups in total. The second-order valence-electron chi connectivity index (χ2n) is 4.85. The van der Waals surface area contributed by atoms with Crippen molar-refractivity contribution in [2.45, 2.75) is 26.0 Å². The number of para-hydroxylation sites is 1. The predicted octanol–water partition coefficient (Wildman–Crippen LogP) is 2.05. The van der Waals surface area contributed by atoms with Gasteiger partial charge in [-0.2, -0.15) is 0 Å². The summed E-state index contributed by atoms with van der Waals surface area (Å²) in [7, 11) is 3.32. The molecule has 2 aromatic rings. The molecule has 2 rings (SSSR count). The minimum atomic E-state index is -0.301. The number of rotatable bonds is 4. The predicted molar refractivity (Wildman–Crippen MR) is 71.8 cm³/mol. The molecule has 18 heavy (non-hydrogen) atoms. The summed E-state index contributed by atoms with van der Waals surface area (Å²) in [6.07, 6.45) is 0. The Bertz CT molecular complexity index is 561. The van der Waals surface area contributed by atoms with Crippen LogP contribution in [0.2, 0.25) is 0 Å². The van der Waals surface area contributed by atoms with Crippen LogP contribution in [-0.2, 0) is 11.3 Å². The molecule has 1 aromatic heterocycles. The summed E-state index contributed by atoms with van der Waals surface area (Å²) in [5.41, 5.74) is 7.42. The molecular formula is C13H19N3O2. The Kier molecular flexibility index (Phi) is 3.17. The van der Waals surface area contributed by atoms with Gasteiger partial charge in [0.2, 0.25) is 5.95 Å². The van der Waals surface area contributed by atoms with Crippen LogP contribution in [0.5, 0.6) is 5.75 Å². The molecule has 0 saturated carbocycles. The van der Waals surface area contributed by atoms with Gasteiger partial charge >= 0.3 is 0 Å². The fourth-order valence-electron chi connectivity index (χ4n) is 1.92. The lowest BCUT2D eigenvalue weighted by molar-refractivity contribution is 0.00947. The van der Waals surface area contributed by atoms with E-state index in [1.54, 1.807) is 14.2 Å². The minimum Gasteiger partial charge on any atom is -0.494 e. The molecule has 1 heterocycles. The second kappa shape index (κ2) is 4.49. The van der Waals surface area contributed by atoms with Gasteiger partial charge in [0.1, 0.15) is 11.3 Å². The summed E-state index contributed by atoms with van der Waals surface area (Å²) >= 11 is 0. The number of ether oxygens (including phenoxy) is 2. The summed E-state index contributed by atoms with van der Waals surface area (Å²) in [6.45, 7) is 4.66. The van der Waals surface area contributed by atoms with Gasteiger partial charge in [-0.1, -0.05) is 6.07 Å². The number of imidazole rings is 1. The van der Waals surface area contributed by atoms with Crippen LogP contribution >= 0.6 is 0 Å². The monoisotopic (exact) mass is 249 g/mol. The van der Waals surface area contributed by atoms with Gasteiger partial charge in [0.15, 0.2) is 0 Å². The molecule has 0 aliphatic heterocycles. The van der Waals surface area contributed by atoms with E-state index in [0.717, 1.165) is 16.8 Å². The maximum Gasteiger partial charge on any atom is 0.201 e. The Labute approximate surface area is 107 Å². The third kappa shape index (κ3) is 2.13. The normalized spacial score (nSPS) is 12.0. The highest BCUT2D eigenvalue weighted by atomic mass is 16.5. The smallest absolute Gasteiger partial charge is 0.201 e. The Morgan fingerprint density at radius 1 is 1.33 bits per heavy atom. The lowest BCUT2D eigenvalue weighted by Gasteiger charge is -2.24. The number of hydrogen-bond donors (Lipinski definition) is 1. The number of aromatic nitrogens is 2. The van der Waals surface area contributed by atoms with Crippen molar-refractivity contribution in [3.63, 3.8) is 0 Å². The molecule has 0 unspecified atom stereocenters. The van der Waals surface area contributed by atoms with E-state index in [9.17, 15) is 0 Å². The lowest BCUT2D eigenvalue weighted by Crippen LogP contribution is -2.29. The highest BCUT2D eigenvalue weighted by Gasteiger charge is 2.21. The molecule has 0 atom stereocenters. The van der Waals surface area contributed by atoms with Crippen LogP contribution in [0.25, 0.3) is 11.0 Å². The Hall–Kier alpha value is -1.75. The van der Waals surface area contributed by atoms with E-state index in [0.29, 0.717) is 12.5 Å². The number of nitrogen functional groups attached to an aromatic ring is 1. The van der Waals surface area contributed by atoms with Crippen LogP contribution in [0.1, 0.15) is 13.8 Å². The number of benzene rings is 1. The third-order valence-corrected chi connectivity index (χ3v) is 3.08. The number of nitrogens with two attached hydrogens (primary N) is 1. The van der Waals surface area contributed by atoms with Crippen molar-refractivity contribution in [1.29, 1.82) is 0 Å². The standard InChI is InChI=1S/C13H19N3O2/c1-13(2,18-4)8-16-9-6-5-7-10(17-3)11(9)15-12(16)14/h5-7H,8H2,1-4H3,(H2,14,15). The van der Waals surface area contributed by atoms with Gasteiger partial charge in [0.05, 0.1) is 24.8 Å². The molecule has 0 saturated heterocycles. The van der Waals surface area contributed by atoms with Crippen molar-refractivity contribution in [3.8, 4) is 5.75 Å². The second-order valence-corrected chi connectivity index (χ2v) is 4.85. The SMILES string of the molecule is COc1cccc2c1nc(N)n2CC(C)(C)OC. The van der Waals surface area contributed by atoms with E-state index >= 15 is 0 Å². The average Bonchev–Trinajstić information content (AvgIpc) is 2.66.